The molecule has 0 spiro atoms. The van der Waals surface area contributed by atoms with Crippen molar-refractivity contribution in [3.8, 4) is 22.1 Å². The number of nitrogens with zero attached hydrogens (tertiary/aromatic N) is 2. The van der Waals surface area contributed by atoms with Gasteiger partial charge in [-0.15, -0.1) is 11.3 Å². The molecule has 2 N–H and O–H groups in total. The molecule has 3 aromatic rings. The molecule has 8 heteroatoms. The summed E-state index contributed by atoms with van der Waals surface area (Å²) in [6, 6.07) is 5.93. The lowest BCUT2D eigenvalue weighted by Gasteiger charge is -2.22. The van der Waals surface area contributed by atoms with E-state index in [4.69, 9.17) is 9.47 Å². The van der Waals surface area contributed by atoms with Crippen LogP contribution in [0.1, 0.15) is 23.4 Å². The number of carbonyl (C=O) groups excluding carboxylic acids is 1. The summed E-state index contributed by atoms with van der Waals surface area (Å²) in [4.78, 5) is 17.0. The van der Waals surface area contributed by atoms with E-state index in [0.717, 1.165) is 47.0 Å². The molecule has 0 saturated carbocycles. The summed E-state index contributed by atoms with van der Waals surface area (Å²) in [6.45, 7) is 0.254. The second kappa shape index (κ2) is 6.70. The number of ether oxygens (including phenoxy) is 2. The second-order valence-corrected chi connectivity index (χ2v) is 7.63. The Bertz CT molecular complexity index is 997. The minimum absolute atomic E-state index is 0.00878. The summed E-state index contributed by atoms with van der Waals surface area (Å²) in [7, 11) is 0. The number of aromatic amines is 1. The van der Waals surface area contributed by atoms with Gasteiger partial charge in [0, 0.05) is 22.7 Å². The Labute approximate surface area is 159 Å². The maximum atomic E-state index is 12.4. The van der Waals surface area contributed by atoms with Crippen molar-refractivity contribution in [2.45, 2.75) is 31.7 Å². The first kappa shape index (κ1) is 16.3. The minimum Gasteiger partial charge on any atom is -0.454 e. The molecule has 27 heavy (non-hydrogen) atoms. The van der Waals surface area contributed by atoms with Crippen molar-refractivity contribution >= 4 is 17.2 Å². The Morgan fingerprint density at radius 2 is 2.26 bits per heavy atom. The van der Waals surface area contributed by atoms with Gasteiger partial charge in [-0.2, -0.15) is 5.10 Å². The fourth-order valence-corrected chi connectivity index (χ4v) is 4.35. The van der Waals surface area contributed by atoms with Crippen molar-refractivity contribution in [3.05, 3.63) is 46.7 Å². The quantitative estimate of drug-likeness (QED) is 0.724. The van der Waals surface area contributed by atoms with Crippen LogP contribution in [0.25, 0.3) is 10.6 Å². The number of aromatic nitrogens is 3. The third-order valence-corrected chi connectivity index (χ3v) is 5.83. The first-order chi connectivity index (χ1) is 13.2. The van der Waals surface area contributed by atoms with Gasteiger partial charge in [-0.05, 0) is 43.0 Å². The molecule has 0 fully saturated rings. The molecule has 1 aliphatic heterocycles. The van der Waals surface area contributed by atoms with Crippen LogP contribution in [0.3, 0.4) is 0 Å². The summed E-state index contributed by atoms with van der Waals surface area (Å²) >= 11 is 1.53. The molecule has 138 valence electrons. The predicted octanol–water partition coefficient (Wildman–Crippen LogP) is 2.48. The number of rotatable bonds is 4. The number of hydrogen-bond acceptors (Lipinski definition) is 6. The van der Waals surface area contributed by atoms with E-state index < -0.39 is 0 Å². The van der Waals surface area contributed by atoms with Gasteiger partial charge in [0.05, 0.1) is 18.3 Å². The molecule has 2 aliphatic rings. The first-order valence-electron chi connectivity index (χ1n) is 8.89. The second-order valence-electron chi connectivity index (χ2n) is 6.77. The number of aryl methyl sites for hydroxylation is 1. The maximum absolute atomic E-state index is 12.4. The molecule has 0 bridgehead atoms. The third kappa shape index (κ3) is 3.28. The number of thiazole rings is 1. The summed E-state index contributed by atoms with van der Waals surface area (Å²) in [6.07, 6.45) is 4.82. The van der Waals surface area contributed by atoms with Gasteiger partial charge in [0.15, 0.2) is 11.5 Å². The average Bonchev–Trinajstić information content (AvgIpc) is 3.40. The number of amides is 1. The Balaban J connectivity index is 1.22. The Morgan fingerprint density at radius 1 is 1.33 bits per heavy atom. The van der Waals surface area contributed by atoms with Crippen LogP contribution < -0.4 is 14.8 Å². The van der Waals surface area contributed by atoms with E-state index in [2.05, 4.69) is 20.5 Å². The number of carbonyl (C=O) groups is 1. The smallest absolute Gasteiger partial charge is 0.231 e. The van der Waals surface area contributed by atoms with Crippen molar-refractivity contribution in [3.63, 3.8) is 0 Å². The highest BCUT2D eigenvalue weighted by Crippen LogP contribution is 2.36. The number of benzene rings is 1. The average molecular weight is 382 g/mol. The zero-order valence-corrected chi connectivity index (χ0v) is 15.3. The molecule has 1 atom stereocenters. The van der Waals surface area contributed by atoms with E-state index in [1.54, 1.807) is 0 Å². The van der Waals surface area contributed by atoms with E-state index in [1.165, 1.54) is 22.6 Å². The Kier molecular flexibility index (Phi) is 4.05. The summed E-state index contributed by atoms with van der Waals surface area (Å²) in [5.41, 5.74) is 4.14. The highest BCUT2D eigenvalue weighted by molar-refractivity contribution is 7.13. The van der Waals surface area contributed by atoms with E-state index >= 15 is 0 Å². The normalized spacial score (nSPS) is 17.6. The van der Waals surface area contributed by atoms with Crippen LogP contribution in [-0.2, 0) is 24.1 Å². The van der Waals surface area contributed by atoms with Gasteiger partial charge in [-0.1, -0.05) is 0 Å². The van der Waals surface area contributed by atoms with Crippen LogP contribution >= 0.6 is 11.3 Å². The minimum atomic E-state index is 0.00878. The summed E-state index contributed by atoms with van der Waals surface area (Å²) in [5, 5.41) is 13.0. The van der Waals surface area contributed by atoms with Crippen LogP contribution in [-0.4, -0.2) is 33.9 Å². The largest absolute Gasteiger partial charge is 0.454 e. The van der Waals surface area contributed by atoms with Crippen LogP contribution in [0.5, 0.6) is 11.5 Å². The van der Waals surface area contributed by atoms with Gasteiger partial charge in [0.25, 0.3) is 0 Å². The van der Waals surface area contributed by atoms with E-state index in [9.17, 15) is 4.79 Å². The highest BCUT2D eigenvalue weighted by atomic mass is 32.1. The highest BCUT2D eigenvalue weighted by Gasteiger charge is 2.22. The Hall–Kier alpha value is -2.87. The van der Waals surface area contributed by atoms with E-state index in [1.807, 2.05) is 29.8 Å². The van der Waals surface area contributed by atoms with Gasteiger partial charge >= 0.3 is 0 Å². The molecule has 5 rings (SSSR count). The molecular weight excluding hydrogens is 364 g/mol. The summed E-state index contributed by atoms with van der Waals surface area (Å²) < 4.78 is 10.8. The molecule has 7 nitrogen and oxygen atoms in total. The first-order valence-corrected chi connectivity index (χ1v) is 9.77. The van der Waals surface area contributed by atoms with Crippen molar-refractivity contribution in [2.24, 2.45) is 0 Å². The number of fused-ring (bicyclic) bond motifs is 2. The van der Waals surface area contributed by atoms with Crippen LogP contribution in [0, 0.1) is 0 Å². The third-order valence-electron chi connectivity index (χ3n) is 4.89. The van der Waals surface area contributed by atoms with E-state index in [0.29, 0.717) is 0 Å². The standard InChI is InChI=1S/C19H18N4O3S/c24-18(21-13-2-3-15-12(5-13)8-20-23-15)7-14-9-27-19(22-14)11-1-4-16-17(6-11)26-10-25-16/h1,4,6,8-9,13H,2-3,5,7,10H2,(H,20,23)(H,21,24). The molecule has 1 aliphatic carbocycles. The monoisotopic (exact) mass is 382 g/mol. The molecule has 0 saturated heterocycles. The lowest BCUT2D eigenvalue weighted by atomic mass is 9.93. The van der Waals surface area contributed by atoms with E-state index in [-0.39, 0.29) is 25.2 Å². The molecule has 1 aromatic carbocycles. The fraction of sp³-hybridized carbons (Fsp3) is 0.316. The van der Waals surface area contributed by atoms with Crippen molar-refractivity contribution in [1.29, 1.82) is 0 Å². The molecular formula is C19H18N4O3S. The van der Waals surface area contributed by atoms with Gasteiger partial charge < -0.3 is 14.8 Å². The topological polar surface area (TPSA) is 89.1 Å². The number of H-pyrrole nitrogens is 1. The lowest BCUT2D eigenvalue weighted by Crippen LogP contribution is -2.39. The van der Waals surface area contributed by atoms with Crippen molar-refractivity contribution in [2.75, 3.05) is 6.79 Å². The summed E-state index contributed by atoms with van der Waals surface area (Å²) in [5.74, 6) is 1.50. The number of hydrogen-bond donors (Lipinski definition) is 2. The molecule has 1 unspecified atom stereocenters. The zero-order chi connectivity index (χ0) is 18.2. The molecule has 0 radical (unpaired) electrons. The fourth-order valence-electron chi connectivity index (χ4n) is 3.53. The lowest BCUT2D eigenvalue weighted by molar-refractivity contribution is -0.121. The zero-order valence-electron chi connectivity index (χ0n) is 14.5. The van der Waals surface area contributed by atoms with Gasteiger partial charge in [0.2, 0.25) is 12.7 Å². The predicted molar refractivity (Wildman–Crippen MR) is 99.9 cm³/mol. The molecule has 3 heterocycles. The molecule has 1 amide bonds. The van der Waals surface area contributed by atoms with Crippen molar-refractivity contribution < 1.29 is 14.3 Å². The Morgan fingerprint density at radius 3 is 3.22 bits per heavy atom. The van der Waals surface area contributed by atoms with Gasteiger partial charge in [0.1, 0.15) is 5.01 Å². The van der Waals surface area contributed by atoms with Crippen LogP contribution in [0.2, 0.25) is 0 Å². The van der Waals surface area contributed by atoms with Gasteiger partial charge in [-0.3, -0.25) is 9.89 Å². The number of nitrogens with one attached hydrogen (secondary N) is 2. The van der Waals surface area contributed by atoms with Crippen molar-refractivity contribution in [1.82, 2.24) is 20.5 Å². The SMILES string of the molecule is O=C(Cc1csc(-c2ccc3c(c2)OCO3)n1)NC1CCc2[nH]ncc2C1. The molecule has 2 aromatic heterocycles. The van der Waals surface area contributed by atoms with Crippen LogP contribution in [0.4, 0.5) is 0 Å². The van der Waals surface area contributed by atoms with Crippen LogP contribution in [0.15, 0.2) is 29.8 Å². The maximum Gasteiger partial charge on any atom is 0.231 e. The van der Waals surface area contributed by atoms with Gasteiger partial charge in [-0.25, -0.2) is 4.98 Å².